The van der Waals surface area contributed by atoms with Gasteiger partial charge in [-0.05, 0) is 0 Å². The molecule has 0 atom stereocenters. The van der Waals surface area contributed by atoms with E-state index >= 15 is 0 Å². The second-order valence-corrected chi connectivity index (χ2v) is 2.51. The average molecular weight is 198 g/mol. The lowest BCUT2D eigenvalue weighted by Crippen LogP contribution is -2.18. The van der Waals surface area contributed by atoms with Gasteiger partial charge in [0.15, 0.2) is 0 Å². The Hall–Kier alpha value is -2.05. The number of nitrogens with zero attached hydrogens (tertiary/aromatic N) is 3. The van der Waals surface area contributed by atoms with E-state index in [0.29, 0.717) is 0 Å². The van der Waals surface area contributed by atoms with Gasteiger partial charge in [-0.2, -0.15) is 5.10 Å². The molecule has 7 heteroatoms. The summed E-state index contributed by atoms with van der Waals surface area (Å²) in [6.07, 6.45) is 0. The van der Waals surface area contributed by atoms with Crippen LogP contribution < -0.4 is 5.73 Å². The van der Waals surface area contributed by atoms with Crippen molar-refractivity contribution in [3.8, 4) is 0 Å². The van der Waals surface area contributed by atoms with Crippen LogP contribution in [0.4, 0.5) is 5.82 Å². The first-order valence-electron chi connectivity index (χ1n) is 3.70. The predicted molar refractivity (Wildman–Crippen MR) is 48.8 cm³/mol. The minimum atomic E-state index is -1.20. The Labute approximate surface area is 79.8 Å². The van der Waals surface area contributed by atoms with Gasteiger partial charge in [-0.1, -0.05) is 5.16 Å². The molecule has 3 N–H and O–H groups in total. The fraction of sp³-hybridized carbons (Fsp3) is 0.286. The van der Waals surface area contributed by atoms with E-state index in [-0.39, 0.29) is 17.2 Å². The van der Waals surface area contributed by atoms with Crippen molar-refractivity contribution in [2.24, 2.45) is 12.2 Å². The van der Waals surface area contributed by atoms with Gasteiger partial charge in [0.1, 0.15) is 12.9 Å². The molecule has 0 radical (unpaired) electrons. The van der Waals surface area contributed by atoms with Crippen LogP contribution in [-0.2, 0) is 16.7 Å². The Balaban J connectivity index is 3.18. The maximum Gasteiger partial charge on any atom is 0.360 e. The fourth-order valence-electron chi connectivity index (χ4n) is 0.998. The lowest BCUT2D eigenvalue weighted by atomic mass is 10.2. The number of carboxylic acids is 1. The standard InChI is InChI=1S/C7H10N4O3/c1-11-4(3-5(8)9-11)6(7(12)13)10-14-2/h3H,1-2H3,(H2,8,9)(H,12,13). The molecule has 1 aromatic heterocycles. The van der Waals surface area contributed by atoms with Gasteiger partial charge in [-0.3, -0.25) is 4.68 Å². The molecule has 0 amide bonds. The molecule has 0 aliphatic rings. The summed E-state index contributed by atoms with van der Waals surface area (Å²) in [4.78, 5) is 15.2. The zero-order chi connectivity index (χ0) is 10.7. The Morgan fingerprint density at radius 2 is 2.43 bits per heavy atom. The molecule has 0 unspecified atom stereocenters. The maximum absolute atomic E-state index is 10.8. The van der Waals surface area contributed by atoms with E-state index in [1.54, 1.807) is 7.05 Å². The number of nitrogen functional groups attached to an aromatic ring is 1. The van der Waals surface area contributed by atoms with E-state index in [2.05, 4.69) is 15.1 Å². The molecule has 0 bridgehead atoms. The molecule has 0 fully saturated rings. The van der Waals surface area contributed by atoms with Crippen LogP contribution in [0.3, 0.4) is 0 Å². The van der Waals surface area contributed by atoms with Crippen molar-refractivity contribution >= 4 is 17.5 Å². The van der Waals surface area contributed by atoms with Crippen LogP contribution in [0.25, 0.3) is 0 Å². The van der Waals surface area contributed by atoms with Gasteiger partial charge < -0.3 is 15.7 Å². The van der Waals surface area contributed by atoms with E-state index in [9.17, 15) is 4.79 Å². The number of anilines is 1. The highest BCUT2D eigenvalue weighted by molar-refractivity contribution is 6.42. The average Bonchev–Trinajstić information content (AvgIpc) is 2.40. The summed E-state index contributed by atoms with van der Waals surface area (Å²) in [5.41, 5.74) is 5.44. The number of hydrogen-bond acceptors (Lipinski definition) is 5. The second kappa shape index (κ2) is 3.77. The summed E-state index contributed by atoms with van der Waals surface area (Å²) in [5, 5.41) is 16.0. The Morgan fingerprint density at radius 1 is 1.79 bits per heavy atom. The molecular weight excluding hydrogens is 188 g/mol. The van der Waals surface area contributed by atoms with Crippen molar-refractivity contribution in [2.75, 3.05) is 12.8 Å². The summed E-state index contributed by atoms with van der Waals surface area (Å²) in [6.45, 7) is 0. The zero-order valence-electron chi connectivity index (χ0n) is 7.76. The number of carboxylic acid groups (broad SMARTS) is 1. The quantitative estimate of drug-likeness (QED) is 0.500. The molecule has 0 aromatic carbocycles. The first kappa shape index (κ1) is 10.0. The molecule has 7 nitrogen and oxygen atoms in total. The van der Waals surface area contributed by atoms with E-state index < -0.39 is 5.97 Å². The Bertz CT molecular complexity index is 382. The third-order valence-electron chi connectivity index (χ3n) is 1.53. The molecular formula is C7H10N4O3. The molecule has 0 saturated heterocycles. The van der Waals surface area contributed by atoms with Crippen molar-refractivity contribution in [3.63, 3.8) is 0 Å². The highest BCUT2D eigenvalue weighted by atomic mass is 16.6. The van der Waals surface area contributed by atoms with Crippen LogP contribution in [-0.4, -0.2) is 33.7 Å². The van der Waals surface area contributed by atoms with Gasteiger partial charge in [-0.25, -0.2) is 4.79 Å². The van der Waals surface area contributed by atoms with E-state index in [1.807, 2.05) is 0 Å². The van der Waals surface area contributed by atoms with E-state index in [4.69, 9.17) is 10.8 Å². The first-order chi connectivity index (χ1) is 6.56. The van der Waals surface area contributed by atoms with Gasteiger partial charge in [0.2, 0.25) is 5.71 Å². The van der Waals surface area contributed by atoms with Gasteiger partial charge in [0.05, 0.1) is 5.69 Å². The second-order valence-electron chi connectivity index (χ2n) is 2.51. The summed E-state index contributed by atoms with van der Waals surface area (Å²) in [5.74, 6) is -0.970. The number of aromatic nitrogens is 2. The minimum Gasteiger partial charge on any atom is -0.476 e. The van der Waals surface area contributed by atoms with Crippen LogP contribution in [0, 0.1) is 0 Å². The van der Waals surface area contributed by atoms with Crippen LogP contribution >= 0.6 is 0 Å². The Kier molecular flexibility index (Phi) is 2.70. The third kappa shape index (κ3) is 1.82. The van der Waals surface area contributed by atoms with Crippen molar-refractivity contribution in [1.82, 2.24) is 9.78 Å². The fourth-order valence-corrected chi connectivity index (χ4v) is 0.998. The van der Waals surface area contributed by atoms with Gasteiger partial charge in [-0.15, -0.1) is 0 Å². The van der Waals surface area contributed by atoms with Crippen molar-refractivity contribution in [3.05, 3.63) is 11.8 Å². The topological polar surface area (TPSA) is 103 Å². The molecule has 1 aromatic rings. The molecule has 14 heavy (non-hydrogen) atoms. The maximum atomic E-state index is 10.8. The number of oxime groups is 1. The lowest BCUT2D eigenvalue weighted by Gasteiger charge is -1.99. The van der Waals surface area contributed by atoms with Gasteiger partial charge in [0.25, 0.3) is 0 Å². The van der Waals surface area contributed by atoms with Crippen LogP contribution in [0.2, 0.25) is 0 Å². The molecule has 76 valence electrons. The number of nitrogens with two attached hydrogens (primary N) is 1. The zero-order valence-corrected chi connectivity index (χ0v) is 7.76. The molecule has 1 heterocycles. The minimum absolute atomic E-state index is 0.229. The highest BCUT2D eigenvalue weighted by Gasteiger charge is 2.18. The summed E-state index contributed by atoms with van der Waals surface area (Å²) >= 11 is 0. The molecule has 0 spiro atoms. The van der Waals surface area contributed by atoms with Crippen molar-refractivity contribution in [2.45, 2.75) is 0 Å². The Morgan fingerprint density at radius 3 is 2.79 bits per heavy atom. The molecule has 0 saturated carbocycles. The first-order valence-corrected chi connectivity index (χ1v) is 3.70. The van der Waals surface area contributed by atoms with Gasteiger partial charge >= 0.3 is 5.97 Å². The molecule has 1 rings (SSSR count). The number of aryl methyl sites for hydroxylation is 1. The molecule has 0 aliphatic carbocycles. The summed E-state index contributed by atoms with van der Waals surface area (Å²) in [7, 11) is 2.84. The summed E-state index contributed by atoms with van der Waals surface area (Å²) < 4.78 is 1.32. The predicted octanol–water partition coefficient (Wildman–Crippen LogP) is -0.563. The van der Waals surface area contributed by atoms with Gasteiger partial charge in [0, 0.05) is 13.1 Å². The van der Waals surface area contributed by atoms with E-state index in [1.165, 1.54) is 17.9 Å². The van der Waals surface area contributed by atoms with Crippen LogP contribution in [0.1, 0.15) is 5.69 Å². The summed E-state index contributed by atoms with van der Waals surface area (Å²) in [6, 6.07) is 1.41. The largest absolute Gasteiger partial charge is 0.476 e. The van der Waals surface area contributed by atoms with Crippen LogP contribution in [0.5, 0.6) is 0 Å². The normalized spacial score (nSPS) is 11.4. The monoisotopic (exact) mass is 198 g/mol. The number of aliphatic carboxylic acids is 1. The molecule has 0 aliphatic heterocycles. The van der Waals surface area contributed by atoms with Crippen molar-refractivity contribution < 1.29 is 14.7 Å². The SMILES string of the molecule is CON=C(C(=O)O)c1cc(N)nn1C. The third-order valence-corrected chi connectivity index (χ3v) is 1.53. The van der Waals surface area contributed by atoms with E-state index in [0.717, 1.165) is 0 Å². The number of hydrogen-bond donors (Lipinski definition) is 2. The number of rotatable bonds is 3. The smallest absolute Gasteiger partial charge is 0.360 e. The number of carbonyl (C=O) groups is 1. The highest BCUT2D eigenvalue weighted by Crippen LogP contribution is 2.06. The lowest BCUT2D eigenvalue weighted by molar-refractivity contribution is -0.129. The van der Waals surface area contributed by atoms with Crippen LogP contribution in [0.15, 0.2) is 11.2 Å². The van der Waals surface area contributed by atoms with Crippen molar-refractivity contribution in [1.29, 1.82) is 0 Å².